The van der Waals surface area contributed by atoms with Gasteiger partial charge in [0.25, 0.3) is 0 Å². The number of nitrogens with zero attached hydrogens (tertiary/aromatic N) is 1. The summed E-state index contributed by atoms with van der Waals surface area (Å²) in [6.45, 7) is 0.205. The van der Waals surface area contributed by atoms with Gasteiger partial charge in [-0.25, -0.2) is 9.18 Å². The standard InChI is InChI=1S/C12H13FN2O2/c13-9-4-5-11(15)10(8-9)12(16)17-7-3-1-2-6-14/h4-5,8H,1-3,7,15H2. The van der Waals surface area contributed by atoms with Gasteiger partial charge in [-0.2, -0.15) is 5.26 Å². The molecule has 0 amide bonds. The Morgan fingerprint density at radius 1 is 1.47 bits per heavy atom. The Kier molecular flexibility index (Phi) is 4.95. The maximum absolute atomic E-state index is 12.9. The van der Waals surface area contributed by atoms with Gasteiger partial charge in [0.15, 0.2) is 0 Å². The normalized spacial score (nSPS) is 9.65. The molecule has 0 aliphatic carbocycles. The Morgan fingerprint density at radius 2 is 2.24 bits per heavy atom. The van der Waals surface area contributed by atoms with Crippen molar-refractivity contribution in [3.05, 3.63) is 29.6 Å². The third kappa shape index (κ3) is 4.11. The molecule has 0 heterocycles. The summed E-state index contributed by atoms with van der Waals surface area (Å²) in [7, 11) is 0. The lowest BCUT2D eigenvalue weighted by Crippen LogP contribution is -2.09. The van der Waals surface area contributed by atoms with E-state index in [1.165, 1.54) is 12.1 Å². The topological polar surface area (TPSA) is 76.1 Å². The number of unbranched alkanes of at least 4 members (excludes halogenated alkanes) is 2. The van der Waals surface area contributed by atoms with Crippen LogP contribution in [0, 0.1) is 17.1 Å². The third-order valence-corrected chi connectivity index (χ3v) is 2.15. The summed E-state index contributed by atoms with van der Waals surface area (Å²) >= 11 is 0. The molecule has 1 aromatic carbocycles. The van der Waals surface area contributed by atoms with Crippen molar-refractivity contribution in [2.75, 3.05) is 12.3 Å². The zero-order chi connectivity index (χ0) is 12.7. The molecule has 5 heteroatoms. The first-order chi connectivity index (χ1) is 8.15. The van der Waals surface area contributed by atoms with Gasteiger partial charge in [0.1, 0.15) is 5.82 Å². The first-order valence-electron chi connectivity index (χ1n) is 5.24. The largest absolute Gasteiger partial charge is 0.462 e. The number of halogens is 1. The molecule has 0 atom stereocenters. The molecule has 0 spiro atoms. The highest BCUT2D eigenvalue weighted by atomic mass is 19.1. The number of benzene rings is 1. The third-order valence-electron chi connectivity index (χ3n) is 2.15. The van der Waals surface area contributed by atoms with Gasteiger partial charge in [0.05, 0.1) is 18.2 Å². The summed E-state index contributed by atoms with van der Waals surface area (Å²) in [4.78, 5) is 11.5. The maximum atomic E-state index is 12.9. The van der Waals surface area contributed by atoms with Crippen molar-refractivity contribution in [1.82, 2.24) is 0 Å². The number of anilines is 1. The van der Waals surface area contributed by atoms with Crippen LogP contribution in [0.25, 0.3) is 0 Å². The Hall–Kier alpha value is -2.09. The molecule has 0 bridgehead atoms. The van der Waals surface area contributed by atoms with E-state index in [4.69, 9.17) is 15.7 Å². The van der Waals surface area contributed by atoms with Crippen molar-refractivity contribution >= 4 is 11.7 Å². The molecule has 4 nitrogen and oxygen atoms in total. The second kappa shape index (κ2) is 6.48. The zero-order valence-electron chi connectivity index (χ0n) is 9.28. The van der Waals surface area contributed by atoms with Crippen molar-refractivity contribution in [2.24, 2.45) is 0 Å². The smallest absolute Gasteiger partial charge is 0.340 e. The fourth-order valence-electron chi connectivity index (χ4n) is 1.25. The first-order valence-corrected chi connectivity index (χ1v) is 5.24. The summed E-state index contributed by atoms with van der Waals surface area (Å²) < 4.78 is 17.8. The summed E-state index contributed by atoms with van der Waals surface area (Å²) in [6.07, 6.45) is 1.70. The van der Waals surface area contributed by atoms with E-state index in [1.54, 1.807) is 0 Å². The molecule has 0 aliphatic rings. The quantitative estimate of drug-likeness (QED) is 0.483. The van der Waals surface area contributed by atoms with Crippen LogP contribution in [0.15, 0.2) is 18.2 Å². The first kappa shape index (κ1) is 13.0. The molecule has 1 aromatic rings. The lowest BCUT2D eigenvalue weighted by Gasteiger charge is -2.06. The second-order valence-corrected chi connectivity index (χ2v) is 3.48. The number of carbonyl (C=O) groups excluding carboxylic acids is 1. The van der Waals surface area contributed by atoms with E-state index in [9.17, 15) is 9.18 Å². The van der Waals surface area contributed by atoms with Crippen molar-refractivity contribution in [1.29, 1.82) is 5.26 Å². The number of hydrogen-bond acceptors (Lipinski definition) is 4. The molecule has 17 heavy (non-hydrogen) atoms. The van der Waals surface area contributed by atoms with Gasteiger partial charge in [0, 0.05) is 12.1 Å². The van der Waals surface area contributed by atoms with E-state index in [-0.39, 0.29) is 17.9 Å². The van der Waals surface area contributed by atoms with Crippen LogP contribution in [0.2, 0.25) is 0 Å². The monoisotopic (exact) mass is 236 g/mol. The summed E-state index contributed by atoms with van der Waals surface area (Å²) in [5.41, 5.74) is 5.75. The van der Waals surface area contributed by atoms with E-state index in [0.29, 0.717) is 19.3 Å². The van der Waals surface area contributed by atoms with Gasteiger partial charge < -0.3 is 10.5 Å². The predicted molar refractivity (Wildman–Crippen MR) is 60.6 cm³/mol. The minimum absolute atomic E-state index is 0.0327. The molecule has 0 saturated heterocycles. The van der Waals surface area contributed by atoms with Crippen LogP contribution >= 0.6 is 0 Å². The predicted octanol–water partition coefficient (Wildman–Crippen LogP) is 2.26. The van der Waals surface area contributed by atoms with Crippen LogP contribution in [0.1, 0.15) is 29.6 Å². The Morgan fingerprint density at radius 3 is 2.94 bits per heavy atom. The minimum atomic E-state index is -0.640. The average molecular weight is 236 g/mol. The zero-order valence-corrected chi connectivity index (χ0v) is 9.28. The summed E-state index contributed by atoms with van der Waals surface area (Å²) in [5.74, 6) is -1.17. The number of hydrogen-bond donors (Lipinski definition) is 1. The number of rotatable bonds is 5. The molecule has 0 saturated carbocycles. The highest BCUT2D eigenvalue weighted by molar-refractivity contribution is 5.95. The van der Waals surface area contributed by atoms with Crippen LogP contribution in [-0.4, -0.2) is 12.6 Å². The van der Waals surface area contributed by atoms with Gasteiger partial charge in [-0.05, 0) is 31.0 Å². The van der Waals surface area contributed by atoms with Gasteiger partial charge in [0.2, 0.25) is 0 Å². The van der Waals surface area contributed by atoms with Crippen molar-refractivity contribution < 1.29 is 13.9 Å². The van der Waals surface area contributed by atoms with Crippen LogP contribution in [0.5, 0.6) is 0 Å². The maximum Gasteiger partial charge on any atom is 0.340 e. The number of nitrogen functional groups attached to an aromatic ring is 1. The highest BCUT2D eigenvalue weighted by Crippen LogP contribution is 2.14. The number of ether oxygens (including phenoxy) is 1. The van der Waals surface area contributed by atoms with Gasteiger partial charge in [-0.3, -0.25) is 0 Å². The van der Waals surface area contributed by atoms with Crippen molar-refractivity contribution in [3.8, 4) is 6.07 Å². The van der Waals surface area contributed by atoms with E-state index in [0.717, 1.165) is 6.07 Å². The molecule has 0 aliphatic heterocycles. The molecule has 1 rings (SSSR count). The molecule has 0 radical (unpaired) electrons. The fraction of sp³-hybridized carbons (Fsp3) is 0.333. The average Bonchev–Trinajstić information content (AvgIpc) is 2.32. The Labute approximate surface area is 98.8 Å². The van der Waals surface area contributed by atoms with E-state index in [2.05, 4.69) is 0 Å². The van der Waals surface area contributed by atoms with Crippen LogP contribution < -0.4 is 5.73 Å². The van der Waals surface area contributed by atoms with E-state index in [1.807, 2.05) is 6.07 Å². The van der Waals surface area contributed by atoms with Crippen molar-refractivity contribution in [2.45, 2.75) is 19.3 Å². The lowest BCUT2D eigenvalue weighted by atomic mass is 10.2. The molecule has 0 fully saturated rings. The summed E-state index contributed by atoms with van der Waals surface area (Å²) in [6, 6.07) is 5.54. The molecule has 2 N–H and O–H groups in total. The van der Waals surface area contributed by atoms with Crippen LogP contribution in [0.4, 0.5) is 10.1 Å². The lowest BCUT2D eigenvalue weighted by molar-refractivity contribution is 0.0499. The molecular weight excluding hydrogens is 223 g/mol. The number of esters is 1. The molecular formula is C12H13FN2O2. The Balaban J connectivity index is 2.47. The van der Waals surface area contributed by atoms with Crippen molar-refractivity contribution in [3.63, 3.8) is 0 Å². The number of carbonyl (C=O) groups is 1. The molecule has 0 unspecified atom stereocenters. The minimum Gasteiger partial charge on any atom is -0.462 e. The Bertz CT molecular complexity index is 441. The van der Waals surface area contributed by atoms with Gasteiger partial charge >= 0.3 is 5.97 Å². The number of nitriles is 1. The summed E-state index contributed by atoms with van der Waals surface area (Å²) in [5, 5.41) is 8.30. The molecule has 90 valence electrons. The fourth-order valence-corrected chi connectivity index (χ4v) is 1.25. The van der Waals surface area contributed by atoms with Crippen LogP contribution in [0.3, 0.4) is 0 Å². The van der Waals surface area contributed by atoms with E-state index < -0.39 is 11.8 Å². The van der Waals surface area contributed by atoms with Gasteiger partial charge in [-0.15, -0.1) is 0 Å². The SMILES string of the molecule is N#CCCCCOC(=O)c1cc(F)ccc1N. The molecule has 0 aromatic heterocycles. The highest BCUT2D eigenvalue weighted by Gasteiger charge is 2.11. The van der Waals surface area contributed by atoms with E-state index >= 15 is 0 Å². The van der Waals surface area contributed by atoms with Crippen LogP contribution in [-0.2, 0) is 4.74 Å². The van der Waals surface area contributed by atoms with Gasteiger partial charge in [-0.1, -0.05) is 0 Å². The second-order valence-electron chi connectivity index (χ2n) is 3.48. The number of nitrogens with two attached hydrogens (primary N) is 1.